The number of fused-ring (bicyclic) bond motifs is 2. The van der Waals surface area contributed by atoms with Gasteiger partial charge in [0.1, 0.15) is 5.75 Å². The molecular weight excluding hydrogens is 372 g/mol. The third kappa shape index (κ3) is 3.70. The van der Waals surface area contributed by atoms with E-state index in [1.807, 2.05) is 31.2 Å². The summed E-state index contributed by atoms with van der Waals surface area (Å²) in [4.78, 5) is 16.9. The second-order valence-electron chi connectivity index (χ2n) is 7.51. The van der Waals surface area contributed by atoms with Gasteiger partial charge in [-0.1, -0.05) is 0 Å². The van der Waals surface area contributed by atoms with Crippen LogP contribution in [0.5, 0.6) is 17.2 Å². The second-order valence-corrected chi connectivity index (χ2v) is 7.51. The molecule has 1 aliphatic carbocycles. The highest BCUT2D eigenvalue weighted by molar-refractivity contribution is 5.94. The Bertz CT molecular complexity index is 1060. The smallest absolute Gasteiger partial charge is 0.254 e. The zero-order valence-corrected chi connectivity index (χ0v) is 16.1. The number of amides is 1. The predicted octanol–water partition coefficient (Wildman–Crippen LogP) is 2.89. The van der Waals surface area contributed by atoms with Crippen molar-refractivity contribution in [2.75, 3.05) is 6.79 Å². The molecule has 0 atom stereocenters. The van der Waals surface area contributed by atoms with E-state index >= 15 is 0 Å². The van der Waals surface area contributed by atoms with Gasteiger partial charge in [0, 0.05) is 30.6 Å². The minimum Gasteiger partial charge on any atom is -0.490 e. The Labute approximate surface area is 167 Å². The molecule has 0 unspecified atom stereocenters. The molecule has 3 heterocycles. The lowest BCUT2D eigenvalue weighted by Gasteiger charge is -2.29. The number of ether oxygens (including phenoxy) is 3. The van der Waals surface area contributed by atoms with E-state index in [1.54, 1.807) is 16.9 Å². The number of carbonyl (C=O) groups excluding carboxylic acids is 1. The van der Waals surface area contributed by atoms with Crippen molar-refractivity contribution in [1.82, 2.24) is 19.9 Å². The summed E-state index contributed by atoms with van der Waals surface area (Å²) in [6.45, 7) is 2.16. The number of aromatic nitrogens is 3. The zero-order valence-electron chi connectivity index (χ0n) is 16.1. The van der Waals surface area contributed by atoms with Gasteiger partial charge in [-0.3, -0.25) is 4.79 Å². The van der Waals surface area contributed by atoms with E-state index in [0.29, 0.717) is 5.56 Å². The lowest BCUT2D eigenvalue weighted by Crippen LogP contribution is -2.39. The van der Waals surface area contributed by atoms with E-state index in [0.717, 1.165) is 54.3 Å². The van der Waals surface area contributed by atoms with Gasteiger partial charge in [0.25, 0.3) is 5.91 Å². The summed E-state index contributed by atoms with van der Waals surface area (Å²) >= 11 is 0. The fourth-order valence-corrected chi connectivity index (χ4v) is 3.85. The van der Waals surface area contributed by atoms with E-state index in [4.69, 9.17) is 14.2 Å². The molecule has 8 heteroatoms. The van der Waals surface area contributed by atoms with E-state index in [1.165, 1.54) is 0 Å². The molecule has 2 aliphatic rings. The minimum absolute atomic E-state index is 0.118. The SMILES string of the molecule is Cc1cc2ncc(C(=O)NC3CCC(Oc4ccc5c(c4)OCO5)CC3)cn2n1. The molecule has 1 amide bonds. The molecular formula is C21H22N4O4. The molecule has 1 N–H and O–H groups in total. The number of rotatable bonds is 4. The molecule has 150 valence electrons. The first-order chi connectivity index (χ1) is 14.1. The van der Waals surface area contributed by atoms with Crippen LogP contribution in [0.1, 0.15) is 41.7 Å². The average Bonchev–Trinajstić information content (AvgIpc) is 3.33. The molecule has 0 saturated heterocycles. The Balaban J connectivity index is 1.15. The number of benzene rings is 1. The van der Waals surface area contributed by atoms with Crippen LogP contribution < -0.4 is 19.5 Å². The Morgan fingerprint density at radius 2 is 2.00 bits per heavy atom. The van der Waals surface area contributed by atoms with E-state index < -0.39 is 0 Å². The highest BCUT2D eigenvalue weighted by Crippen LogP contribution is 2.36. The van der Waals surface area contributed by atoms with Crippen molar-refractivity contribution in [3.63, 3.8) is 0 Å². The number of hydrogen-bond donors (Lipinski definition) is 1. The Morgan fingerprint density at radius 3 is 2.86 bits per heavy atom. The van der Waals surface area contributed by atoms with Gasteiger partial charge in [-0.2, -0.15) is 5.10 Å². The van der Waals surface area contributed by atoms with E-state index in [2.05, 4.69) is 15.4 Å². The number of hydrogen-bond acceptors (Lipinski definition) is 6. The molecule has 0 spiro atoms. The summed E-state index contributed by atoms with van der Waals surface area (Å²) in [6, 6.07) is 7.66. The first-order valence-corrected chi connectivity index (χ1v) is 9.83. The Hall–Kier alpha value is -3.29. The lowest BCUT2D eigenvalue weighted by atomic mass is 9.92. The van der Waals surface area contributed by atoms with Gasteiger partial charge >= 0.3 is 0 Å². The first-order valence-electron chi connectivity index (χ1n) is 9.83. The maximum Gasteiger partial charge on any atom is 0.254 e. The van der Waals surface area contributed by atoms with Gasteiger partial charge in [-0.15, -0.1) is 0 Å². The highest BCUT2D eigenvalue weighted by atomic mass is 16.7. The van der Waals surface area contributed by atoms with Crippen molar-refractivity contribution in [1.29, 1.82) is 0 Å². The van der Waals surface area contributed by atoms with Gasteiger partial charge in [0.05, 0.1) is 17.4 Å². The number of nitrogens with zero attached hydrogens (tertiary/aromatic N) is 3. The van der Waals surface area contributed by atoms with Crippen molar-refractivity contribution in [2.45, 2.75) is 44.8 Å². The molecule has 0 radical (unpaired) electrons. The van der Waals surface area contributed by atoms with Crippen LogP contribution in [-0.4, -0.2) is 39.4 Å². The van der Waals surface area contributed by atoms with Crippen LogP contribution in [0.25, 0.3) is 5.65 Å². The summed E-state index contributed by atoms with van der Waals surface area (Å²) in [7, 11) is 0. The summed E-state index contributed by atoms with van der Waals surface area (Å²) < 4.78 is 18.5. The largest absolute Gasteiger partial charge is 0.490 e. The summed E-state index contributed by atoms with van der Waals surface area (Å²) in [5, 5.41) is 7.43. The summed E-state index contributed by atoms with van der Waals surface area (Å²) in [5.74, 6) is 2.14. The third-order valence-corrected chi connectivity index (χ3v) is 5.35. The highest BCUT2D eigenvalue weighted by Gasteiger charge is 2.25. The summed E-state index contributed by atoms with van der Waals surface area (Å²) in [5.41, 5.74) is 2.12. The third-order valence-electron chi connectivity index (χ3n) is 5.35. The van der Waals surface area contributed by atoms with Crippen LogP contribution >= 0.6 is 0 Å². The topological polar surface area (TPSA) is 87.0 Å². The molecule has 5 rings (SSSR count). The fraction of sp³-hybridized carbons (Fsp3) is 0.381. The Kier molecular flexibility index (Phi) is 4.46. The van der Waals surface area contributed by atoms with Gasteiger partial charge in [-0.05, 0) is 44.7 Å². The quantitative estimate of drug-likeness (QED) is 0.732. The predicted molar refractivity (Wildman–Crippen MR) is 104 cm³/mol. The van der Waals surface area contributed by atoms with Crippen LogP contribution in [-0.2, 0) is 0 Å². The second kappa shape index (κ2) is 7.27. The van der Waals surface area contributed by atoms with Crippen LogP contribution in [0.4, 0.5) is 0 Å². The van der Waals surface area contributed by atoms with Crippen molar-refractivity contribution >= 4 is 11.6 Å². The molecule has 29 heavy (non-hydrogen) atoms. The van der Waals surface area contributed by atoms with E-state index in [-0.39, 0.29) is 24.8 Å². The van der Waals surface area contributed by atoms with Crippen LogP contribution in [0.2, 0.25) is 0 Å². The molecule has 1 aliphatic heterocycles. The molecule has 1 aromatic carbocycles. The lowest BCUT2D eigenvalue weighted by molar-refractivity contribution is 0.0892. The number of nitrogens with one attached hydrogen (secondary N) is 1. The molecule has 1 saturated carbocycles. The average molecular weight is 394 g/mol. The molecule has 2 aromatic heterocycles. The van der Waals surface area contributed by atoms with Gasteiger partial charge < -0.3 is 19.5 Å². The van der Waals surface area contributed by atoms with Crippen LogP contribution in [0.3, 0.4) is 0 Å². The molecule has 8 nitrogen and oxygen atoms in total. The monoisotopic (exact) mass is 394 g/mol. The normalized spacial score (nSPS) is 20.6. The van der Waals surface area contributed by atoms with Gasteiger partial charge in [0.2, 0.25) is 6.79 Å². The first kappa shape index (κ1) is 17.8. The fourth-order valence-electron chi connectivity index (χ4n) is 3.85. The molecule has 3 aromatic rings. The number of carbonyl (C=O) groups is 1. The standard InChI is InChI=1S/C21H22N4O4/c1-13-8-20-22-10-14(11-25(20)24-13)21(26)23-15-2-4-16(5-3-15)29-17-6-7-18-19(9-17)28-12-27-18/h6-11,15-16H,2-5,12H2,1H3,(H,23,26). The van der Waals surface area contributed by atoms with Crippen LogP contribution in [0.15, 0.2) is 36.7 Å². The summed E-state index contributed by atoms with van der Waals surface area (Å²) in [6.07, 6.45) is 6.96. The van der Waals surface area contributed by atoms with Crippen molar-refractivity contribution < 1.29 is 19.0 Å². The van der Waals surface area contributed by atoms with Gasteiger partial charge in [-0.25, -0.2) is 9.50 Å². The number of aryl methyl sites for hydroxylation is 1. The zero-order chi connectivity index (χ0) is 19.8. The van der Waals surface area contributed by atoms with Gasteiger partial charge in [0.15, 0.2) is 17.1 Å². The van der Waals surface area contributed by atoms with Crippen molar-refractivity contribution in [3.05, 3.63) is 47.9 Å². The van der Waals surface area contributed by atoms with Crippen molar-refractivity contribution in [3.8, 4) is 17.2 Å². The van der Waals surface area contributed by atoms with E-state index in [9.17, 15) is 4.79 Å². The minimum atomic E-state index is -0.118. The Morgan fingerprint density at radius 1 is 1.17 bits per heavy atom. The maximum atomic E-state index is 12.6. The molecule has 0 bridgehead atoms. The maximum absolute atomic E-state index is 12.6. The molecule has 1 fully saturated rings. The van der Waals surface area contributed by atoms with Crippen LogP contribution in [0, 0.1) is 6.92 Å². The van der Waals surface area contributed by atoms with Crippen molar-refractivity contribution in [2.24, 2.45) is 0 Å².